The summed E-state index contributed by atoms with van der Waals surface area (Å²) in [6.45, 7) is 10.8. The average Bonchev–Trinajstić information content (AvgIpc) is 2.75. The molecule has 0 atom stereocenters. The second kappa shape index (κ2) is 8.81. The van der Waals surface area contributed by atoms with E-state index in [0.717, 1.165) is 29.7 Å². The van der Waals surface area contributed by atoms with Crippen LogP contribution in [0.2, 0.25) is 0 Å². The van der Waals surface area contributed by atoms with E-state index in [9.17, 15) is 9.59 Å². The van der Waals surface area contributed by atoms with E-state index in [-0.39, 0.29) is 17.2 Å². The van der Waals surface area contributed by atoms with E-state index < -0.39 is 5.54 Å². The lowest BCUT2D eigenvalue weighted by Gasteiger charge is -2.47. The fraction of sp³-hybridized carbons (Fsp3) is 0.500. The van der Waals surface area contributed by atoms with Crippen molar-refractivity contribution in [2.45, 2.75) is 65.8 Å². The van der Waals surface area contributed by atoms with Crippen LogP contribution in [0.4, 0.5) is 5.69 Å². The third-order valence-electron chi connectivity index (χ3n) is 7.01. The SMILES string of the molecule is Cc1cccc(C)c1NC(=O)C1(N(C)C(=O)c2ccccn2)CCC(C(C)(C)C)CC1. The molecule has 0 spiro atoms. The van der Waals surface area contributed by atoms with Crippen molar-refractivity contribution in [2.75, 3.05) is 12.4 Å². The number of rotatable bonds is 4. The van der Waals surface area contributed by atoms with Crippen molar-refractivity contribution in [1.29, 1.82) is 0 Å². The molecular formula is C26H35N3O2. The van der Waals surface area contributed by atoms with E-state index in [1.807, 2.05) is 32.0 Å². The number of carbonyl (C=O) groups excluding carboxylic acids is 2. The monoisotopic (exact) mass is 421 g/mol. The summed E-state index contributed by atoms with van der Waals surface area (Å²) < 4.78 is 0. The number of para-hydroxylation sites is 1. The molecule has 1 N–H and O–H groups in total. The van der Waals surface area contributed by atoms with Crippen molar-refractivity contribution in [3.05, 3.63) is 59.4 Å². The Morgan fingerprint density at radius 2 is 1.65 bits per heavy atom. The molecule has 2 amide bonds. The molecule has 1 aromatic carbocycles. The van der Waals surface area contributed by atoms with Gasteiger partial charge in [-0.25, -0.2) is 0 Å². The highest BCUT2D eigenvalue weighted by molar-refractivity contribution is 6.03. The highest BCUT2D eigenvalue weighted by Gasteiger charge is 2.49. The minimum absolute atomic E-state index is 0.107. The van der Waals surface area contributed by atoms with Crippen molar-refractivity contribution < 1.29 is 9.59 Å². The Labute approximate surface area is 186 Å². The number of anilines is 1. The lowest BCUT2D eigenvalue weighted by atomic mass is 9.66. The smallest absolute Gasteiger partial charge is 0.273 e. The molecule has 0 radical (unpaired) electrons. The standard InChI is InChI=1S/C26H35N3O2/c1-18-10-9-11-19(2)22(18)28-24(31)26(15-13-20(14-16-26)25(3,4)5)29(6)23(30)21-12-7-8-17-27-21/h7-12,17,20H,13-16H2,1-6H3,(H,28,31). The van der Waals surface area contributed by atoms with Gasteiger partial charge in [-0.2, -0.15) is 0 Å². The molecule has 1 fully saturated rings. The molecule has 2 aromatic rings. The number of pyridine rings is 1. The van der Waals surface area contributed by atoms with Crippen LogP contribution in [0.3, 0.4) is 0 Å². The van der Waals surface area contributed by atoms with Crippen LogP contribution in [0.5, 0.6) is 0 Å². The summed E-state index contributed by atoms with van der Waals surface area (Å²) in [7, 11) is 1.75. The highest BCUT2D eigenvalue weighted by atomic mass is 16.2. The second-order valence-corrected chi connectivity index (χ2v) is 9.97. The van der Waals surface area contributed by atoms with Gasteiger partial charge in [-0.3, -0.25) is 14.6 Å². The van der Waals surface area contributed by atoms with Gasteiger partial charge in [0, 0.05) is 18.9 Å². The minimum atomic E-state index is -0.898. The second-order valence-electron chi connectivity index (χ2n) is 9.97. The highest BCUT2D eigenvalue weighted by Crippen LogP contribution is 2.44. The van der Waals surface area contributed by atoms with E-state index in [2.05, 4.69) is 31.1 Å². The van der Waals surface area contributed by atoms with Gasteiger partial charge in [0.2, 0.25) is 5.91 Å². The van der Waals surface area contributed by atoms with E-state index in [0.29, 0.717) is 24.5 Å². The predicted molar refractivity (Wildman–Crippen MR) is 125 cm³/mol. The zero-order valence-corrected chi connectivity index (χ0v) is 19.7. The lowest BCUT2D eigenvalue weighted by molar-refractivity contribution is -0.129. The molecule has 0 saturated heterocycles. The summed E-state index contributed by atoms with van der Waals surface area (Å²) in [4.78, 5) is 33.0. The molecule has 31 heavy (non-hydrogen) atoms. The molecule has 1 saturated carbocycles. The molecule has 0 aliphatic heterocycles. The zero-order chi connectivity index (χ0) is 22.8. The molecular weight excluding hydrogens is 386 g/mol. The molecule has 166 valence electrons. The average molecular weight is 422 g/mol. The predicted octanol–water partition coefficient (Wildman–Crippen LogP) is 5.38. The number of benzene rings is 1. The molecule has 1 aliphatic rings. The van der Waals surface area contributed by atoms with Gasteiger partial charge in [0.1, 0.15) is 11.2 Å². The Morgan fingerprint density at radius 1 is 1.03 bits per heavy atom. The Kier molecular flexibility index (Phi) is 6.54. The summed E-state index contributed by atoms with van der Waals surface area (Å²) in [6, 6.07) is 11.3. The molecule has 1 heterocycles. The zero-order valence-electron chi connectivity index (χ0n) is 19.7. The topological polar surface area (TPSA) is 62.3 Å². The number of likely N-dealkylation sites (N-methyl/N-ethyl adjacent to an activating group) is 1. The summed E-state index contributed by atoms with van der Waals surface area (Å²) in [5, 5.41) is 3.18. The first-order valence-electron chi connectivity index (χ1n) is 11.1. The number of amides is 2. The summed E-state index contributed by atoms with van der Waals surface area (Å²) in [5.74, 6) is 0.197. The fourth-order valence-corrected chi connectivity index (χ4v) is 4.77. The third kappa shape index (κ3) is 4.65. The maximum atomic E-state index is 13.8. The molecule has 1 aromatic heterocycles. The Bertz CT molecular complexity index is 919. The van der Waals surface area contributed by atoms with Crippen LogP contribution in [-0.2, 0) is 4.79 Å². The molecule has 0 bridgehead atoms. The number of nitrogens with one attached hydrogen (secondary N) is 1. The van der Waals surface area contributed by atoms with E-state index in [4.69, 9.17) is 0 Å². The van der Waals surface area contributed by atoms with Crippen molar-refractivity contribution in [3.63, 3.8) is 0 Å². The van der Waals surface area contributed by atoms with Crippen LogP contribution < -0.4 is 5.32 Å². The Hall–Kier alpha value is -2.69. The van der Waals surface area contributed by atoms with E-state index >= 15 is 0 Å². The number of aryl methyl sites for hydroxylation is 2. The summed E-state index contributed by atoms with van der Waals surface area (Å²) >= 11 is 0. The van der Waals surface area contributed by atoms with Crippen molar-refractivity contribution in [1.82, 2.24) is 9.88 Å². The van der Waals surface area contributed by atoms with E-state index in [1.54, 1.807) is 36.3 Å². The first-order valence-corrected chi connectivity index (χ1v) is 11.1. The summed E-state index contributed by atoms with van der Waals surface area (Å²) in [6.07, 6.45) is 4.70. The Balaban J connectivity index is 1.95. The third-order valence-corrected chi connectivity index (χ3v) is 7.01. The van der Waals surface area contributed by atoms with Gasteiger partial charge in [-0.15, -0.1) is 0 Å². The quantitative estimate of drug-likeness (QED) is 0.720. The molecule has 5 nitrogen and oxygen atoms in total. The summed E-state index contributed by atoms with van der Waals surface area (Å²) in [5.41, 5.74) is 2.52. The van der Waals surface area contributed by atoms with Gasteiger partial charge in [0.15, 0.2) is 0 Å². The normalized spacial score (nSPS) is 21.4. The number of nitrogens with zero attached hydrogens (tertiary/aromatic N) is 2. The lowest BCUT2D eigenvalue weighted by Crippen LogP contribution is -2.59. The van der Waals surface area contributed by atoms with Crippen LogP contribution in [0, 0.1) is 25.2 Å². The first-order chi connectivity index (χ1) is 14.6. The van der Waals surface area contributed by atoms with E-state index in [1.165, 1.54) is 0 Å². The van der Waals surface area contributed by atoms with Crippen molar-refractivity contribution >= 4 is 17.5 Å². The maximum absolute atomic E-state index is 13.8. The molecule has 1 aliphatic carbocycles. The number of carbonyl (C=O) groups is 2. The molecule has 5 heteroatoms. The maximum Gasteiger partial charge on any atom is 0.273 e. The van der Waals surface area contributed by atoms with Crippen LogP contribution >= 0.6 is 0 Å². The number of hydrogen-bond donors (Lipinski definition) is 1. The van der Waals surface area contributed by atoms with Crippen LogP contribution in [0.1, 0.15) is 68.1 Å². The van der Waals surface area contributed by atoms with Crippen LogP contribution in [-0.4, -0.2) is 34.3 Å². The van der Waals surface area contributed by atoms with Crippen molar-refractivity contribution in [3.8, 4) is 0 Å². The van der Waals surface area contributed by atoms with Crippen LogP contribution in [0.25, 0.3) is 0 Å². The van der Waals surface area contributed by atoms with Gasteiger partial charge in [-0.05, 0) is 74.1 Å². The van der Waals surface area contributed by atoms with Gasteiger partial charge in [0.05, 0.1) is 0 Å². The fourth-order valence-electron chi connectivity index (χ4n) is 4.77. The molecule has 3 rings (SSSR count). The largest absolute Gasteiger partial charge is 0.326 e. The van der Waals surface area contributed by atoms with Gasteiger partial charge in [0.25, 0.3) is 5.91 Å². The number of aromatic nitrogens is 1. The first kappa shape index (κ1) is 23.0. The van der Waals surface area contributed by atoms with Gasteiger partial charge in [-0.1, -0.05) is 45.0 Å². The minimum Gasteiger partial charge on any atom is -0.326 e. The van der Waals surface area contributed by atoms with Gasteiger partial charge >= 0.3 is 0 Å². The van der Waals surface area contributed by atoms with Gasteiger partial charge < -0.3 is 10.2 Å². The molecule has 0 unspecified atom stereocenters. The Morgan fingerprint density at radius 3 is 2.16 bits per heavy atom. The van der Waals surface area contributed by atoms with Crippen LogP contribution in [0.15, 0.2) is 42.6 Å². The number of hydrogen-bond acceptors (Lipinski definition) is 3. The van der Waals surface area contributed by atoms with Crippen molar-refractivity contribution in [2.24, 2.45) is 11.3 Å².